The summed E-state index contributed by atoms with van der Waals surface area (Å²) in [5.74, 6) is -0.0989. The van der Waals surface area contributed by atoms with Crippen LogP contribution in [0.25, 0.3) is 23.1 Å². The van der Waals surface area contributed by atoms with Gasteiger partial charge in [0.15, 0.2) is 0 Å². The predicted molar refractivity (Wildman–Crippen MR) is 129 cm³/mol. The molecule has 0 saturated carbocycles. The third kappa shape index (κ3) is 5.68. The van der Waals surface area contributed by atoms with Crippen molar-refractivity contribution in [2.75, 3.05) is 26.2 Å². The van der Waals surface area contributed by atoms with Crippen LogP contribution in [0.5, 0.6) is 0 Å². The maximum absolute atomic E-state index is 13.0. The minimum atomic E-state index is -1.03. The van der Waals surface area contributed by atoms with E-state index in [0.29, 0.717) is 31.7 Å². The lowest BCUT2D eigenvalue weighted by Gasteiger charge is -2.25. The number of hydrogen-bond acceptors (Lipinski definition) is 4. The Balaban J connectivity index is 1.37. The number of carbonyl (C=O) groups is 2. The summed E-state index contributed by atoms with van der Waals surface area (Å²) in [6.07, 6.45) is 4.75. The van der Waals surface area contributed by atoms with E-state index in [1.165, 1.54) is 0 Å². The van der Waals surface area contributed by atoms with Gasteiger partial charge in [0.25, 0.3) is 5.91 Å². The van der Waals surface area contributed by atoms with E-state index in [1.807, 2.05) is 60.7 Å². The van der Waals surface area contributed by atoms with Crippen LogP contribution in [0.4, 0.5) is 0 Å². The second-order valence-corrected chi connectivity index (χ2v) is 9.13. The topological polar surface area (TPSA) is 89.5 Å². The molecule has 33 heavy (non-hydrogen) atoms. The van der Waals surface area contributed by atoms with Crippen LogP contribution in [-0.2, 0) is 4.79 Å². The molecule has 1 aliphatic heterocycles. The molecule has 2 amide bonds. The molecule has 1 aliphatic rings. The van der Waals surface area contributed by atoms with Gasteiger partial charge in [0.2, 0.25) is 5.91 Å². The molecule has 0 bridgehead atoms. The van der Waals surface area contributed by atoms with Crippen molar-refractivity contribution < 1.29 is 14.7 Å². The van der Waals surface area contributed by atoms with Gasteiger partial charge in [-0.25, -0.2) is 0 Å². The van der Waals surface area contributed by atoms with Crippen LogP contribution in [0.2, 0.25) is 0 Å². The third-order valence-corrected chi connectivity index (χ3v) is 5.81. The van der Waals surface area contributed by atoms with Gasteiger partial charge >= 0.3 is 0 Å². The Kier molecular flexibility index (Phi) is 6.60. The minimum Gasteiger partial charge on any atom is -0.390 e. The molecule has 0 aliphatic carbocycles. The van der Waals surface area contributed by atoms with Gasteiger partial charge in [-0.3, -0.25) is 14.7 Å². The molecule has 0 spiro atoms. The monoisotopic (exact) mass is 446 g/mol. The van der Waals surface area contributed by atoms with Crippen molar-refractivity contribution in [3.8, 4) is 0 Å². The van der Waals surface area contributed by atoms with Gasteiger partial charge in [0.1, 0.15) is 0 Å². The molecule has 7 heteroatoms. The number of carbonyl (C=O) groups excluding carboxylic acids is 2. The third-order valence-electron chi connectivity index (χ3n) is 5.81. The molecular formula is C26H30N4O3. The van der Waals surface area contributed by atoms with Gasteiger partial charge in [-0.15, -0.1) is 0 Å². The zero-order valence-electron chi connectivity index (χ0n) is 19.1. The molecule has 0 atom stereocenters. The predicted octanol–water partition coefficient (Wildman–Crippen LogP) is 3.57. The van der Waals surface area contributed by atoms with Crippen molar-refractivity contribution in [1.82, 2.24) is 20.0 Å². The number of H-pyrrole nitrogens is 1. The van der Waals surface area contributed by atoms with Crippen molar-refractivity contribution in [2.45, 2.75) is 32.3 Å². The van der Waals surface area contributed by atoms with Crippen LogP contribution in [-0.4, -0.2) is 68.7 Å². The Morgan fingerprint density at radius 1 is 1.00 bits per heavy atom. The number of aliphatic hydroxyl groups is 1. The minimum absolute atomic E-state index is 0.0272. The largest absolute Gasteiger partial charge is 0.390 e. The molecule has 172 valence electrons. The summed E-state index contributed by atoms with van der Waals surface area (Å²) in [6.45, 7) is 5.45. The van der Waals surface area contributed by atoms with Gasteiger partial charge in [0.05, 0.1) is 23.2 Å². The van der Waals surface area contributed by atoms with Crippen LogP contribution < -0.4 is 0 Å². The first-order valence-corrected chi connectivity index (χ1v) is 11.3. The van der Waals surface area contributed by atoms with Gasteiger partial charge in [0, 0.05) is 37.1 Å². The zero-order chi connectivity index (χ0) is 23.4. The SMILES string of the molecule is CC(C)(O)CC(=O)N1CCCN(C(=O)c2ccc(C=Cc3n[nH]c4ccccc34)cc2)CC1. The van der Waals surface area contributed by atoms with Crippen LogP contribution in [0.1, 0.15) is 48.3 Å². The van der Waals surface area contributed by atoms with Crippen LogP contribution in [0, 0.1) is 0 Å². The first-order chi connectivity index (χ1) is 15.8. The maximum Gasteiger partial charge on any atom is 0.253 e. The lowest BCUT2D eigenvalue weighted by molar-refractivity contribution is -0.135. The number of aromatic amines is 1. The van der Waals surface area contributed by atoms with Crippen molar-refractivity contribution in [2.24, 2.45) is 0 Å². The van der Waals surface area contributed by atoms with E-state index in [1.54, 1.807) is 23.6 Å². The molecule has 1 aromatic heterocycles. The second-order valence-electron chi connectivity index (χ2n) is 9.13. The molecule has 2 N–H and O–H groups in total. The lowest BCUT2D eigenvalue weighted by atomic mass is 10.0. The number of hydrogen-bond donors (Lipinski definition) is 2. The first-order valence-electron chi connectivity index (χ1n) is 11.3. The van der Waals surface area contributed by atoms with Crippen molar-refractivity contribution >= 4 is 34.9 Å². The maximum atomic E-state index is 13.0. The molecule has 2 heterocycles. The van der Waals surface area contributed by atoms with E-state index in [0.717, 1.165) is 28.6 Å². The quantitative estimate of drug-likeness (QED) is 0.627. The molecule has 3 aromatic rings. The highest BCUT2D eigenvalue weighted by atomic mass is 16.3. The van der Waals surface area contributed by atoms with Crippen LogP contribution in [0.15, 0.2) is 48.5 Å². The number of para-hydroxylation sites is 1. The average molecular weight is 447 g/mol. The summed E-state index contributed by atoms with van der Waals surface area (Å²) in [5, 5.41) is 18.4. The van der Waals surface area contributed by atoms with Crippen molar-refractivity contribution in [3.63, 3.8) is 0 Å². The summed E-state index contributed by atoms with van der Waals surface area (Å²) < 4.78 is 0. The molecule has 0 unspecified atom stereocenters. The Hall–Kier alpha value is -3.45. The number of nitrogens with one attached hydrogen (secondary N) is 1. The highest BCUT2D eigenvalue weighted by Gasteiger charge is 2.26. The van der Waals surface area contributed by atoms with E-state index in [9.17, 15) is 14.7 Å². The summed E-state index contributed by atoms with van der Waals surface area (Å²) in [4.78, 5) is 29.0. The Morgan fingerprint density at radius 2 is 1.70 bits per heavy atom. The van der Waals surface area contributed by atoms with Crippen molar-refractivity contribution in [1.29, 1.82) is 0 Å². The number of fused-ring (bicyclic) bond motifs is 1. The van der Waals surface area contributed by atoms with Crippen molar-refractivity contribution in [3.05, 3.63) is 65.4 Å². The van der Waals surface area contributed by atoms with E-state index in [-0.39, 0.29) is 18.2 Å². The number of rotatable bonds is 5. The molecule has 4 rings (SSSR count). The smallest absolute Gasteiger partial charge is 0.253 e. The zero-order valence-corrected chi connectivity index (χ0v) is 19.1. The van der Waals surface area contributed by atoms with Gasteiger partial charge in [-0.2, -0.15) is 5.10 Å². The van der Waals surface area contributed by atoms with Crippen LogP contribution in [0.3, 0.4) is 0 Å². The Morgan fingerprint density at radius 3 is 2.45 bits per heavy atom. The summed E-state index contributed by atoms with van der Waals surface area (Å²) in [7, 11) is 0. The summed E-state index contributed by atoms with van der Waals surface area (Å²) in [5.41, 5.74) is 2.46. The molecule has 0 radical (unpaired) electrons. The highest BCUT2D eigenvalue weighted by Crippen LogP contribution is 2.18. The number of nitrogens with zero attached hydrogens (tertiary/aromatic N) is 3. The fraction of sp³-hybridized carbons (Fsp3) is 0.346. The molecule has 7 nitrogen and oxygen atoms in total. The standard InChI is InChI=1S/C26H30N4O3/c1-26(2,33)18-24(31)29-14-5-15-30(17-16-29)25(32)20-11-8-19(9-12-20)10-13-23-21-6-3-4-7-22(21)27-28-23/h3-4,6-13,33H,5,14-18H2,1-2H3,(H,27,28). The second kappa shape index (κ2) is 9.58. The molecule has 2 aromatic carbocycles. The van der Waals surface area contributed by atoms with E-state index >= 15 is 0 Å². The van der Waals surface area contributed by atoms with E-state index in [4.69, 9.17) is 0 Å². The van der Waals surface area contributed by atoms with Gasteiger partial charge < -0.3 is 14.9 Å². The average Bonchev–Trinajstić information content (AvgIpc) is 3.03. The van der Waals surface area contributed by atoms with Gasteiger partial charge in [-0.05, 0) is 50.1 Å². The lowest BCUT2D eigenvalue weighted by Crippen LogP contribution is -2.39. The highest BCUT2D eigenvalue weighted by molar-refractivity contribution is 5.95. The first kappa shape index (κ1) is 22.7. The Labute approximate surface area is 193 Å². The Bertz CT molecular complexity index is 1160. The molecule has 1 fully saturated rings. The van der Waals surface area contributed by atoms with Gasteiger partial charge in [-0.1, -0.05) is 36.4 Å². The summed E-state index contributed by atoms with van der Waals surface area (Å²) in [6, 6.07) is 15.5. The fourth-order valence-corrected chi connectivity index (χ4v) is 4.06. The number of amides is 2. The summed E-state index contributed by atoms with van der Waals surface area (Å²) >= 11 is 0. The van der Waals surface area contributed by atoms with Crippen LogP contribution >= 0.6 is 0 Å². The number of aromatic nitrogens is 2. The molecular weight excluding hydrogens is 416 g/mol. The normalized spacial score (nSPS) is 15.2. The number of benzene rings is 2. The molecule has 1 saturated heterocycles. The van der Waals surface area contributed by atoms with E-state index < -0.39 is 5.60 Å². The fourth-order valence-electron chi connectivity index (χ4n) is 4.06. The van der Waals surface area contributed by atoms with E-state index in [2.05, 4.69) is 10.2 Å².